The zero-order chi connectivity index (χ0) is 10.5. The monoisotopic (exact) mass is 212 g/mol. The molecule has 0 aromatic rings. The van der Waals surface area contributed by atoms with Crippen molar-refractivity contribution in [3.05, 3.63) is 0 Å². The van der Waals surface area contributed by atoms with Gasteiger partial charge in [-0.3, -0.25) is 4.90 Å². The number of nitrogens with one attached hydrogen (secondary N) is 1. The molecule has 0 amide bonds. The van der Waals surface area contributed by atoms with E-state index < -0.39 is 0 Å². The lowest BCUT2D eigenvalue weighted by atomic mass is 10.0. The standard InChI is InChI=1S/C12H24N2O/c1-14(12-6-4-8-15-10-12)9-11-5-2-3-7-13-11/h11-13H,2-10H2,1H3. The van der Waals surface area contributed by atoms with Crippen molar-refractivity contribution in [3.8, 4) is 0 Å². The molecule has 2 aliphatic heterocycles. The average molecular weight is 212 g/mol. The Kier molecular flexibility index (Phi) is 4.42. The highest BCUT2D eigenvalue weighted by Crippen LogP contribution is 2.14. The van der Waals surface area contributed by atoms with Crippen LogP contribution in [0.4, 0.5) is 0 Å². The summed E-state index contributed by atoms with van der Waals surface area (Å²) in [5.74, 6) is 0. The van der Waals surface area contributed by atoms with Gasteiger partial charge in [-0.25, -0.2) is 0 Å². The molecule has 0 aromatic carbocycles. The van der Waals surface area contributed by atoms with Crippen LogP contribution in [0.5, 0.6) is 0 Å². The number of hydrogen-bond donors (Lipinski definition) is 1. The van der Waals surface area contributed by atoms with Crippen LogP contribution in [0.25, 0.3) is 0 Å². The quantitative estimate of drug-likeness (QED) is 0.762. The van der Waals surface area contributed by atoms with E-state index in [4.69, 9.17) is 4.74 Å². The fourth-order valence-electron chi connectivity index (χ4n) is 2.65. The topological polar surface area (TPSA) is 24.5 Å². The van der Waals surface area contributed by atoms with Crippen molar-refractivity contribution in [1.82, 2.24) is 10.2 Å². The molecule has 88 valence electrons. The molecule has 0 spiro atoms. The molecule has 2 heterocycles. The lowest BCUT2D eigenvalue weighted by Gasteiger charge is -2.35. The number of piperidine rings is 1. The van der Waals surface area contributed by atoms with Gasteiger partial charge in [-0.15, -0.1) is 0 Å². The van der Waals surface area contributed by atoms with Crippen LogP contribution in [-0.4, -0.2) is 50.3 Å². The fraction of sp³-hybridized carbons (Fsp3) is 1.00. The summed E-state index contributed by atoms with van der Waals surface area (Å²) in [6, 6.07) is 1.37. The Labute approximate surface area is 93.2 Å². The molecular weight excluding hydrogens is 188 g/mol. The summed E-state index contributed by atoms with van der Waals surface area (Å²) < 4.78 is 5.53. The largest absolute Gasteiger partial charge is 0.380 e. The minimum atomic E-state index is 0.655. The molecule has 1 N–H and O–H groups in total. The predicted molar refractivity (Wildman–Crippen MR) is 62.1 cm³/mol. The Bertz CT molecular complexity index is 174. The van der Waals surface area contributed by atoms with E-state index in [0.717, 1.165) is 13.2 Å². The first kappa shape index (κ1) is 11.4. The Morgan fingerprint density at radius 3 is 2.87 bits per heavy atom. The molecule has 3 nitrogen and oxygen atoms in total. The average Bonchev–Trinajstić information content (AvgIpc) is 2.31. The Morgan fingerprint density at radius 2 is 2.20 bits per heavy atom. The first-order chi connectivity index (χ1) is 7.36. The first-order valence-corrected chi connectivity index (χ1v) is 6.37. The van der Waals surface area contributed by atoms with Crippen molar-refractivity contribution >= 4 is 0 Å². The highest BCUT2D eigenvalue weighted by molar-refractivity contribution is 4.79. The van der Waals surface area contributed by atoms with Crippen molar-refractivity contribution in [2.75, 3.05) is 33.4 Å². The van der Waals surface area contributed by atoms with Crippen molar-refractivity contribution in [2.24, 2.45) is 0 Å². The summed E-state index contributed by atoms with van der Waals surface area (Å²) in [5, 5.41) is 3.61. The Morgan fingerprint density at radius 1 is 1.27 bits per heavy atom. The third kappa shape index (κ3) is 3.44. The van der Waals surface area contributed by atoms with Crippen LogP contribution >= 0.6 is 0 Å². The summed E-state index contributed by atoms with van der Waals surface area (Å²) in [5.41, 5.74) is 0. The lowest BCUT2D eigenvalue weighted by Crippen LogP contribution is -2.47. The van der Waals surface area contributed by atoms with Gasteiger partial charge in [0.1, 0.15) is 0 Å². The number of nitrogens with zero attached hydrogens (tertiary/aromatic N) is 1. The molecule has 15 heavy (non-hydrogen) atoms. The van der Waals surface area contributed by atoms with Gasteiger partial charge in [0.15, 0.2) is 0 Å². The van der Waals surface area contributed by atoms with Crippen LogP contribution in [0.1, 0.15) is 32.1 Å². The number of hydrogen-bond acceptors (Lipinski definition) is 3. The van der Waals surface area contributed by atoms with Crippen LogP contribution in [0.3, 0.4) is 0 Å². The van der Waals surface area contributed by atoms with Gasteiger partial charge in [-0.1, -0.05) is 6.42 Å². The molecular formula is C12H24N2O. The summed E-state index contributed by atoms with van der Waals surface area (Å²) in [6.45, 7) is 4.29. The summed E-state index contributed by atoms with van der Waals surface area (Å²) in [4.78, 5) is 2.49. The van der Waals surface area contributed by atoms with Crippen LogP contribution in [-0.2, 0) is 4.74 Å². The van der Waals surface area contributed by atoms with E-state index in [2.05, 4.69) is 17.3 Å². The molecule has 2 aliphatic rings. The predicted octanol–water partition coefficient (Wildman–Crippen LogP) is 1.24. The third-order valence-corrected chi connectivity index (χ3v) is 3.68. The molecule has 2 atom stereocenters. The molecule has 0 aromatic heterocycles. The molecule has 2 unspecified atom stereocenters. The smallest absolute Gasteiger partial charge is 0.0621 e. The normalized spacial score (nSPS) is 33.2. The van der Waals surface area contributed by atoms with Crippen LogP contribution in [0.15, 0.2) is 0 Å². The molecule has 3 heteroatoms. The summed E-state index contributed by atoms with van der Waals surface area (Å²) >= 11 is 0. The van der Waals surface area contributed by atoms with Crippen molar-refractivity contribution in [1.29, 1.82) is 0 Å². The minimum absolute atomic E-state index is 0.655. The van der Waals surface area contributed by atoms with Gasteiger partial charge in [0, 0.05) is 25.2 Å². The fourth-order valence-corrected chi connectivity index (χ4v) is 2.65. The van der Waals surface area contributed by atoms with E-state index in [1.165, 1.54) is 45.2 Å². The zero-order valence-electron chi connectivity index (χ0n) is 9.87. The van der Waals surface area contributed by atoms with E-state index >= 15 is 0 Å². The van der Waals surface area contributed by atoms with Gasteiger partial charge >= 0.3 is 0 Å². The van der Waals surface area contributed by atoms with Gasteiger partial charge in [-0.2, -0.15) is 0 Å². The maximum atomic E-state index is 5.53. The van der Waals surface area contributed by atoms with Gasteiger partial charge in [0.05, 0.1) is 6.61 Å². The molecule has 2 saturated heterocycles. The molecule has 0 aliphatic carbocycles. The third-order valence-electron chi connectivity index (χ3n) is 3.68. The SMILES string of the molecule is CN(CC1CCCCN1)C1CCCOC1. The maximum Gasteiger partial charge on any atom is 0.0621 e. The summed E-state index contributed by atoms with van der Waals surface area (Å²) in [6.07, 6.45) is 6.63. The number of ether oxygens (including phenoxy) is 1. The second kappa shape index (κ2) is 5.83. The van der Waals surface area contributed by atoms with Gasteiger partial charge in [-0.05, 0) is 39.3 Å². The van der Waals surface area contributed by atoms with E-state index in [0.29, 0.717) is 12.1 Å². The lowest BCUT2D eigenvalue weighted by molar-refractivity contribution is 0.0237. The van der Waals surface area contributed by atoms with E-state index in [-0.39, 0.29) is 0 Å². The first-order valence-electron chi connectivity index (χ1n) is 6.37. The highest BCUT2D eigenvalue weighted by Gasteiger charge is 2.22. The van der Waals surface area contributed by atoms with Crippen molar-refractivity contribution in [3.63, 3.8) is 0 Å². The molecule has 0 bridgehead atoms. The Balaban J connectivity index is 1.72. The van der Waals surface area contributed by atoms with Crippen molar-refractivity contribution in [2.45, 2.75) is 44.2 Å². The van der Waals surface area contributed by atoms with E-state index in [1.54, 1.807) is 0 Å². The van der Waals surface area contributed by atoms with E-state index in [9.17, 15) is 0 Å². The van der Waals surface area contributed by atoms with Gasteiger partial charge in [0.2, 0.25) is 0 Å². The summed E-state index contributed by atoms with van der Waals surface area (Å²) in [7, 11) is 2.25. The van der Waals surface area contributed by atoms with Gasteiger partial charge < -0.3 is 10.1 Å². The van der Waals surface area contributed by atoms with Crippen LogP contribution in [0.2, 0.25) is 0 Å². The minimum Gasteiger partial charge on any atom is -0.380 e. The molecule has 2 fully saturated rings. The number of likely N-dealkylation sites (N-methyl/N-ethyl adjacent to an activating group) is 1. The maximum absolute atomic E-state index is 5.53. The van der Waals surface area contributed by atoms with Crippen LogP contribution in [0, 0.1) is 0 Å². The van der Waals surface area contributed by atoms with Crippen molar-refractivity contribution < 1.29 is 4.74 Å². The van der Waals surface area contributed by atoms with Crippen LogP contribution < -0.4 is 5.32 Å². The number of rotatable bonds is 3. The second-order valence-electron chi connectivity index (χ2n) is 4.96. The zero-order valence-corrected chi connectivity index (χ0v) is 9.87. The van der Waals surface area contributed by atoms with Gasteiger partial charge in [0.25, 0.3) is 0 Å². The molecule has 0 saturated carbocycles. The van der Waals surface area contributed by atoms with E-state index in [1.807, 2.05) is 0 Å². The molecule has 2 rings (SSSR count). The Hall–Kier alpha value is -0.120. The highest BCUT2D eigenvalue weighted by atomic mass is 16.5. The second-order valence-corrected chi connectivity index (χ2v) is 4.96. The molecule has 0 radical (unpaired) electrons.